The lowest BCUT2D eigenvalue weighted by atomic mass is 9.97. The molecule has 0 aromatic heterocycles. The largest absolute Gasteiger partial charge is 0.313 e. The Hall–Kier alpha value is 0.0400. The van der Waals surface area contributed by atoms with Crippen molar-refractivity contribution in [1.29, 1.82) is 0 Å². The van der Waals surface area contributed by atoms with E-state index >= 15 is 0 Å². The van der Waals surface area contributed by atoms with Crippen LogP contribution >= 0.6 is 12.4 Å². The zero-order valence-electron chi connectivity index (χ0n) is 5.95. The van der Waals surface area contributed by atoms with Crippen molar-refractivity contribution in [3.8, 4) is 0 Å². The van der Waals surface area contributed by atoms with E-state index in [9.17, 15) is 13.2 Å². The van der Waals surface area contributed by atoms with Crippen LogP contribution in [0, 0.1) is 0 Å². The summed E-state index contributed by atoms with van der Waals surface area (Å²) in [5, 5.41) is 2.60. The molecule has 68 valence electrons. The molecule has 0 aromatic rings. The highest BCUT2D eigenvalue weighted by molar-refractivity contribution is 5.85. The highest BCUT2D eigenvalue weighted by Crippen LogP contribution is 2.27. The topological polar surface area (TPSA) is 12.0 Å². The van der Waals surface area contributed by atoms with Gasteiger partial charge in [0, 0.05) is 6.54 Å². The lowest BCUT2D eigenvalue weighted by molar-refractivity contribution is -0.0481. The molecule has 0 radical (unpaired) electrons. The van der Waals surface area contributed by atoms with Crippen LogP contribution in [0.25, 0.3) is 0 Å². The first-order valence-corrected chi connectivity index (χ1v) is 3.33. The number of alkyl halides is 3. The summed E-state index contributed by atoms with van der Waals surface area (Å²) in [6.45, 7) is 0.447. The molecule has 11 heavy (non-hydrogen) atoms. The van der Waals surface area contributed by atoms with Crippen LogP contribution in [0.3, 0.4) is 0 Å². The van der Waals surface area contributed by atoms with E-state index in [0.29, 0.717) is 13.0 Å². The average molecular weight is 190 g/mol. The third kappa shape index (κ3) is 2.52. The quantitative estimate of drug-likeness (QED) is 0.663. The van der Waals surface area contributed by atoms with Gasteiger partial charge in [0.1, 0.15) is 0 Å². The maximum Gasteiger partial charge on any atom is 0.273 e. The molecule has 1 fully saturated rings. The normalized spacial score (nSPS) is 31.6. The van der Waals surface area contributed by atoms with E-state index in [1.54, 1.807) is 0 Å². The predicted octanol–water partition coefficient (Wildman–Crippen LogP) is 1.76. The van der Waals surface area contributed by atoms with Crippen molar-refractivity contribution in [2.75, 3.05) is 13.1 Å². The summed E-state index contributed by atoms with van der Waals surface area (Å²) in [7, 11) is 0. The fraction of sp³-hybridized carbons (Fsp3) is 1.00. The number of halogens is 4. The lowest BCUT2D eigenvalue weighted by Crippen LogP contribution is -2.47. The SMILES string of the molecule is Cl.FC(F)C1(F)CCCNC1. The van der Waals surface area contributed by atoms with Gasteiger partial charge in [-0.05, 0) is 19.4 Å². The minimum Gasteiger partial charge on any atom is -0.313 e. The Bertz CT molecular complexity index is 114. The smallest absolute Gasteiger partial charge is 0.273 e. The molecule has 0 amide bonds. The number of nitrogens with one attached hydrogen (secondary N) is 1. The van der Waals surface area contributed by atoms with Crippen LogP contribution in [-0.2, 0) is 0 Å². The highest BCUT2D eigenvalue weighted by Gasteiger charge is 2.41. The monoisotopic (exact) mass is 189 g/mol. The van der Waals surface area contributed by atoms with Gasteiger partial charge in [-0.15, -0.1) is 12.4 Å². The second kappa shape index (κ2) is 4.16. The van der Waals surface area contributed by atoms with Gasteiger partial charge in [0.15, 0.2) is 5.67 Å². The van der Waals surface area contributed by atoms with Gasteiger partial charge < -0.3 is 5.32 Å². The van der Waals surface area contributed by atoms with Gasteiger partial charge in [-0.3, -0.25) is 0 Å². The van der Waals surface area contributed by atoms with Crippen molar-refractivity contribution in [3.05, 3.63) is 0 Å². The van der Waals surface area contributed by atoms with Crippen LogP contribution in [0.5, 0.6) is 0 Å². The first kappa shape index (κ1) is 11.0. The van der Waals surface area contributed by atoms with Gasteiger partial charge in [0.05, 0.1) is 0 Å². The molecule has 1 rings (SSSR count). The molecule has 1 unspecified atom stereocenters. The van der Waals surface area contributed by atoms with Crippen molar-refractivity contribution in [3.63, 3.8) is 0 Å². The van der Waals surface area contributed by atoms with E-state index < -0.39 is 12.1 Å². The Balaban J connectivity index is 0.000001000. The molecule has 0 aliphatic carbocycles. The number of rotatable bonds is 1. The summed E-state index contributed by atoms with van der Waals surface area (Å²) < 4.78 is 36.7. The minimum atomic E-state index is -2.85. The van der Waals surface area contributed by atoms with Crippen LogP contribution in [0.2, 0.25) is 0 Å². The Labute approximate surface area is 69.8 Å². The molecule has 0 saturated carbocycles. The Morgan fingerprint density at radius 1 is 1.36 bits per heavy atom. The number of hydrogen-bond donors (Lipinski definition) is 1. The van der Waals surface area contributed by atoms with Gasteiger partial charge in [0.25, 0.3) is 6.43 Å². The number of piperidine rings is 1. The summed E-state index contributed by atoms with van der Waals surface area (Å²) in [5.41, 5.74) is -2.27. The maximum absolute atomic E-state index is 12.9. The Morgan fingerprint density at radius 3 is 2.27 bits per heavy atom. The van der Waals surface area contributed by atoms with Crippen LogP contribution in [0.15, 0.2) is 0 Å². The van der Waals surface area contributed by atoms with Crippen molar-refractivity contribution in [2.45, 2.75) is 24.9 Å². The summed E-state index contributed by atoms with van der Waals surface area (Å²) >= 11 is 0. The van der Waals surface area contributed by atoms with Crippen molar-refractivity contribution >= 4 is 12.4 Å². The fourth-order valence-corrected chi connectivity index (χ4v) is 1.08. The summed E-state index contributed by atoms with van der Waals surface area (Å²) in [5.74, 6) is 0. The third-order valence-electron chi connectivity index (χ3n) is 1.76. The molecule has 0 spiro atoms. The van der Waals surface area contributed by atoms with Crippen molar-refractivity contribution in [2.24, 2.45) is 0 Å². The summed E-state index contributed by atoms with van der Waals surface area (Å²) in [6.07, 6.45) is -2.36. The molecule has 5 heteroatoms. The molecule has 1 N–H and O–H groups in total. The first-order chi connectivity index (χ1) is 4.65. The molecule has 1 atom stereocenters. The van der Waals surface area contributed by atoms with Crippen LogP contribution < -0.4 is 5.32 Å². The molecular formula is C6H11ClF3N. The minimum absolute atomic E-state index is 0. The average Bonchev–Trinajstić information content (AvgIpc) is 1.89. The van der Waals surface area contributed by atoms with Gasteiger partial charge in [-0.2, -0.15) is 0 Å². The Kier molecular flexibility index (Phi) is 4.18. The highest BCUT2D eigenvalue weighted by atomic mass is 35.5. The standard InChI is InChI=1S/C6H10F3N.ClH/c7-5(8)6(9)2-1-3-10-4-6;/h5,10H,1-4H2;1H. The van der Waals surface area contributed by atoms with Gasteiger partial charge in [-0.25, -0.2) is 13.2 Å². The van der Waals surface area contributed by atoms with E-state index in [0.717, 1.165) is 0 Å². The van der Waals surface area contributed by atoms with E-state index in [-0.39, 0.29) is 25.4 Å². The molecular weight excluding hydrogens is 179 g/mol. The molecule has 1 nitrogen and oxygen atoms in total. The zero-order valence-corrected chi connectivity index (χ0v) is 6.76. The maximum atomic E-state index is 12.9. The van der Waals surface area contributed by atoms with E-state index in [2.05, 4.69) is 5.32 Å². The van der Waals surface area contributed by atoms with Crippen molar-refractivity contribution < 1.29 is 13.2 Å². The van der Waals surface area contributed by atoms with E-state index in [1.807, 2.05) is 0 Å². The van der Waals surface area contributed by atoms with Gasteiger partial charge >= 0.3 is 0 Å². The van der Waals surface area contributed by atoms with Gasteiger partial charge in [-0.1, -0.05) is 0 Å². The first-order valence-electron chi connectivity index (χ1n) is 3.33. The molecule has 0 aromatic carbocycles. The molecule has 1 heterocycles. The second-order valence-corrected chi connectivity index (χ2v) is 2.62. The second-order valence-electron chi connectivity index (χ2n) is 2.62. The van der Waals surface area contributed by atoms with Crippen LogP contribution in [0.4, 0.5) is 13.2 Å². The van der Waals surface area contributed by atoms with E-state index in [1.165, 1.54) is 0 Å². The predicted molar refractivity (Wildman–Crippen MR) is 39.2 cm³/mol. The summed E-state index contributed by atoms with van der Waals surface area (Å²) in [4.78, 5) is 0. The summed E-state index contributed by atoms with van der Waals surface area (Å²) in [6, 6.07) is 0. The third-order valence-corrected chi connectivity index (χ3v) is 1.76. The van der Waals surface area contributed by atoms with Crippen LogP contribution in [-0.4, -0.2) is 25.2 Å². The molecule has 1 saturated heterocycles. The van der Waals surface area contributed by atoms with Crippen LogP contribution in [0.1, 0.15) is 12.8 Å². The van der Waals surface area contributed by atoms with Gasteiger partial charge in [0.2, 0.25) is 0 Å². The Morgan fingerprint density at radius 2 is 2.00 bits per heavy atom. The number of hydrogen-bond acceptors (Lipinski definition) is 1. The molecule has 1 aliphatic heterocycles. The zero-order chi connectivity index (χ0) is 7.61. The lowest BCUT2D eigenvalue weighted by Gasteiger charge is -2.28. The van der Waals surface area contributed by atoms with Crippen molar-refractivity contribution in [1.82, 2.24) is 5.32 Å². The van der Waals surface area contributed by atoms with E-state index in [4.69, 9.17) is 0 Å². The fourth-order valence-electron chi connectivity index (χ4n) is 1.08. The molecule has 1 aliphatic rings. The molecule has 0 bridgehead atoms.